The van der Waals surface area contributed by atoms with Gasteiger partial charge in [0.05, 0.1) is 30.3 Å². The van der Waals surface area contributed by atoms with Crippen LogP contribution in [0.15, 0.2) is 47.0 Å². The minimum absolute atomic E-state index is 0.0117. The van der Waals surface area contributed by atoms with Gasteiger partial charge in [-0.25, -0.2) is 4.52 Å². The number of aromatic nitrogens is 3. The topological polar surface area (TPSA) is 80.9 Å². The van der Waals surface area contributed by atoms with Crippen LogP contribution in [0.5, 0.6) is 0 Å². The summed E-state index contributed by atoms with van der Waals surface area (Å²) in [5, 5.41) is 7.32. The summed E-state index contributed by atoms with van der Waals surface area (Å²) in [6.07, 6.45) is 6.86. The second-order valence-corrected chi connectivity index (χ2v) is 8.39. The number of amides is 1. The quantitative estimate of drug-likeness (QED) is 0.577. The lowest BCUT2D eigenvalue weighted by molar-refractivity contribution is -0.117. The first kappa shape index (κ1) is 18.2. The van der Waals surface area contributed by atoms with E-state index in [0.717, 1.165) is 41.3 Å². The molecule has 0 saturated heterocycles. The van der Waals surface area contributed by atoms with E-state index in [1.54, 1.807) is 15.9 Å². The van der Waals surface area contributed by atoms with Crippen LogP contribution in [0.2, 0.25) is 0 Å². The molecule has 0 radical (unpaired) electrons. The molecular weight excluding hydrogens is 386 g/mol. The van der Waals surface area contributed by atoms with E-state index in [9.17, 15) is 4.79 Å². The summed E-state index contributed by atoms with van der Waals surface area (Å²) in [4.78, 5) is 22.9. The number of pyridine rings is 1. The Morgan fingerprint density at radius 1 is 1.28 bits per heavy atom. The third-order valence-corrected chi connectivity index (χ3v) is 6.03. The second kappa shape index (κ2) is 7.88. The minimum Gasteiger partial charge on any atom is -0.376 e. The van der Waals surface area contributed by atoms with Crippen molar-refractivity contribution < 1.29 is 9.53 Å². The van der Waals surface area contributed by atoms with E-state index in [-0.39, 0.29) is 11.8 Å². The lowest BCUT2D eigenvalue weighted by Crippen LogP contribution is -2.14. The fourth-order valence-corrected chi connectivity index (χ4v) is 4.17. The van der Waals surface area contributed by atoms with Crippen molar-refractivity contribution in [1.82, 2.24) is 14.6 Å². The molecule has 1 N–H and O–H groups in total. The number of anilines is 1. The molecule has 1 amide bonds. The van der Waals surface area contributed by atoms with Crippen LogP contribution in [0.1, 0.15) is 24.1 Å². The molecule has 5 rings (SSSR count). The van der Waals surface area contributed by atoms with Gasteiger partial charge in [0.25, 0.3) is 0 Å². The van der Waals surface area contributed by atoms with Crippen LogP contribution < -0.4 is 5.32 Å². The van der Waals surface area contributed by atoms with E-state index in [2.05, 4.69) is 38.6 Å². The molecule has 1 aliphatic heterocycles. The molecule has 2 aliphatic rings. The highest BCUT2D eigenvalue weighted by atomic mass is 32.1. The van der Waals surface area contributed by atoms with E-state index < -0.39 is 0 Å². The molecule has 7 nitrogen and oxygen atoms in total. The Bertz CT molecular complexity index is 1110. The molecule has 3 aromatic heterocycles. The SMILES string of the molecule is O=C(Nc1nc2cccc(-c3ccc(COCCC4=CCN=C4)s3)n2n1)C1CC1. The van der Waals surface area contributed by atoms with Gasteiger partial charge in [-0.15, -0.1) is 16.4 Å². The number of hydrogen-bond acceptors (Lipinski definition) is 6. The summed E-state index contributed by atoms with van der Waals surface area (Å²) < 4.78 is 7.60. The first-order chi connectivity index (χ1) is 14.3. The van der Waals surface area contributed by atoms with Gasteiger partial charge in [-0.05, 0) is 49.1 Å². The zero-order valence-corrected chi connectivity index (χ0v) is 16.7. The fraction of sp³-hybridized carbons (Fsp3) is 0.333. The molecule has 29 heavy (non-hydrogen) atoms. The lowest BCUT2D eigenvalue weighted by Gasteiger charge is -2.02. The third kappa shape index (κ3) is 4.13. The average Bonchev–Trinajstić information content (AvgIpc) is 3.10. The largest absolute Gasteiger partial charge is 0.376 e. The number of carbonyl (C=O) groups excluding carboxylic acids is 1. The number of carbonyl (C=O) groups is 1. The Kier molecular flexibility index (Phi) is 4.95. The van der Waals surface area contributed by atoms with Crippen molar-refractivity contribution in [3.63, 3.8) is 0 Å². The van der Waals surface area contributed by atoms with Crippen LogP contribution >= 0.6 is 11.3 Å². The molecule has 8 heteroatoms. The highest BCUT2D eigenvalue weighted by molar-refractivity contribution is 7.15. The summed E-state index contributed by atoms with van der Waals surface area (Å²) in [6, 6.07) is 10.0. The van der Waals surface area contributed by atoms with E-state index in [0.29, 0.717) is 24.8 Å². The number of thiophene rings is 1. The predicted octanol–water partition coefficient (Wildman–Crippen LogP) is 3.72. The normalized spacial score (nSPS) is 15.8. The zero-order valence-electron chi connectivity index (χ0n) is 15.9. The summed E-state index contributed by atoms with van der Waals surface area (Å²) in [5.41, 5.74) is 2.91. The standard InChI is InChI=1S/C21H21N5O2S/c27-20(15-4-5-15)24-21-23-19-3-1-2-17(26(19)25-21)18-7-6-16(29-18)13-28-11-9-14-8-10-22-12-14/h1-3,6-8,12,15H,4-5,9-11,13H2,(H,24,25,27). The molecule has 0 unspecified atom stereocenters. The molecular formula is C21H21N5O2S. The van der Waals surface area contributed by atoms with E-state index >= 15 is 0 Å². The van der Waals surface area contributed by atoms with Crippen LogP contribution in [-0.2, 0) is 16.1 Å². The highest BCUT2D eigenvalue weighted by Gasteiger charge is 2.30. The summed E-state index contributed by atoms with van der Waals surface area (Å²) in [5.74, 6) is 0.495. The van der Waals surface area contributed by atoms with Crippen LogP contribution in [0, 0.1) is 5.92 Å². The van der Waals surface area contributed by atoms with E-state index in [1.165, 1.54) is 5.57 Å². The van der Waals surface area contributed by atoms with Crippen LogP contribution in [0.25, 0.3) is 16.2 Å². The summed E-state index contributed by atoms with van der Waals surface area (Å²) in [7, 11) is 0. The van der Waals surface area contributed by atoms with Gasteiger partial charge >= 0.3 is 0 Å². The van der Waals surface area contributed by atoms with Crippen molar-refractivity contribution in [2.24, 2.45) is 10.9 Å². The predicted molar refractivity (Wildman–Crippen MR) is 113 cm³/mol. The third-order valence-electron chi connectivity index (χ3n) is 4.95. The van der Waals surface area contributed by atoms with Gasteiger partial charge in [-0.2, -0.15) is 4.98 Å². The van der Waals surface area contributed by atoms with Crippen LogP contribution in [-0.4, -0.2) is 39.9 Å². The Morgan fingerprint density at radius 2 is 2.21 bits per heavy atom. The van der Waals surface area contributed by atoms with Gasteiger partial charge < -0.3 is 4.74 Å². The summed E-state index contributed by atoms with van der Waals surface area (Å²) >= 11 is 1.68. The van der Waals surface area contributed by atoms with Crippen LogP contribution in [0.4, 0.5) is 5.95 Å². The number of nitrogens with one attached hydrogen (secondary N) is 1. The maximum absolute atomic E-state index is 12.0. The number of hydrogen-bond donors (Lipinski definition) is 1. The minimum atomic E-state index is 0.0117. The van der Waals surface area contributed by atoms with Gasteiger partial charge in [-0.1, -0.05) is 12.1 Å². The Morgan fingerprint density at radius 3 is 3.03 bits per heavy atom. The first-order valence-electron chi connectivity index (χ1n) is 9.78. The van der Waals surface area contributed by atoms with Crippen molar-refractivity contribution in [3.8, 4) is 10.6 Å². The average molecular weight is 407 g/mol. The van der Waals surface area contributed by atoms with Gasteiger partial charge in [0, 0.05) is 17.0 Å². The molecule has 0 bridgehead atoms. The van der Waals surface area contributed by atoms with Crippen molar-refractivity contribution in [1.29, 1.82) is 0 Å². The van der Waals surface area contributed by atoms with E-state index in [1.807, 2.05) is 24.4 Å². The molecule has 0 aromatic carbocycles. The smallest absolute Gasteiger partial charge is 0.249 e. The number of fused-ring (bicyclic) bond motifs is 1. The Labute approximate surface area is 172 Å². The molecule has 1 saturated carbocycles. The number of nitrogens with zero attached hydrogens (tertiary/aromatic N) is 4. The molecule has 1 aliphatic carbocycles. The highest BCUT2D eigenvalue weighted by Crippen LogP contribution is 2.31. The van der Waals surface area contributed by atoms with Crippen molar-refractivity contribution in [2.45, 2.75) is 25.9 Å². The van der Waals surface area contributed by atoms with Gasteiger partial charge in [0.2, 0.25) is 11.9 Å². The van der Waals surface area contributed by atoms with Crippen molar-refractivity contribution in [3.05, 3.63) is 46.9 Å². The number of aliphatic imine (C=N–C) groups is 1. The van der Waals surface area contributed by atoms with Crippen molar-refractivity contribution in [2.75, 3.05) is 18.5 Å². The molecule has 148 valence electrons. The maximum atomic E-state index is 12.0. The van der Waals surface area contributed by atoms with Crippen molar-refractivity contribution >= 4 is 35.1 Å². The molecule has 1 fully saturated rings. The molecule has 3 aromatic rings. The molecule has 4 heterocycles. The monoisotopic (exact) mass is 407 g/mol. The molecule has 0 atom stereocenters. The van der Waals surface area contributed by atoms with Gasteiger partial charge in [0.1, 0.15) is 0 Å². The van der Waals surface area contributed by atoms with Gasteiger partial charge in [0.15, 0.2) is 5.65 Å². The van der Waals surface area contributed by atoms with E-state index in [4.69, 9.17) is 4.74 Å². The second-order valence-electron chi connectivity index (χ2n) is 7.22. The number of ether oxygens (including phenoxy) is 1. The fourth-order valence-electron chi connectivity index (χ4n) is 3.22. The maximum Gasteiger partial charge on any atom is 0.249 e. The Hall–Kier alpha value is -2.84. The lowest BCUT2D eigenvalue weighted by atomic mass is 10.2. The zero-order chi connectivity index (χ0) is 19.6. The van der Waals surface area contributed by atoms with Crippen LogP contribution in [0.3, 0.4) is 0 Å². The Balaban J connectivity index is 1.27. The first-order valence-corrected chi connectivity index (χ1v) is 10.6. The van der Waals surface area contributed by atoms with Gasteiger partial charge in [-0.3, -0.25) is 15.1 Å². The number of rotatable bonds is 8. The molecule has 0 spiro atoms. The summed E-state index contributed by atoms with van der Waals surface area (Å²) in [6.45, 7) is 2.07.